The number of rotatable bonds is 8. The normalized spacial score (nSPS) is 24.2. The third-order valence-corrected chi connectivity index (χ3v) is 10.9. The molecule has 2 saturated heterocycles. The van der Waals surface area contributed by atoms with E-state index in [2.05, 4.69) is 31.8 Å². The molecular formula is C29H38N6O4S. The van der Waals surface area contributed by atoms with E-state index in [1.54, 1.807) is 18.2 Å². The number of hydrogen-bond acceptors (Lipinski definition) is 8. The molecule has 5 aliphatic rings. The Kier molecular flexibility index (Phi) is 6.16. The Bertz CT molecular complexity index is 1440. The van der Waals surface area contributed by atoms with E-state index in [0.717, 1.165) is 75.3 Å². The molecule has 2 aromatic rings. The van der Waals surface area contributed by atoms with Crippen LogP contribution in [0.15, 0.2) is 24.3 Å². The van der Waals surface area contributed by atoms with Crippen LogP contribution in [0.25, 0.3) is 0 Å². The van der Waals surface area contributed by atoms with Gasteiger partial charge in [-0.15, -0.1) is 0 Å². The van der Waals surface area contributed by atoms with Gasteiger partial charge in [-0.05, 0) is 85.6 Å². The molecule has 1 spiro atoms. The van der Waals surface area contributed by atoms with Gasteiger partial charge in [0.2, 0.25) is 10.0 Å². The second-order valence-electron chi connectivity index (χ2n) is 12.5. The molecule has 11 heteroatoms. The average molecular weight is 567 g/mol. The van der Waals surface area contributed by atoms with E-state index in [0.29, 0.717) is 22.5 Å². The second kappa shape index (κ2) is 9.51. The zero-order valence-corrected chi connectivity index (χ0v) is 23.8. The Morgan fingerprint density at radius 1 is 1.07 bits per heavy atom. The molecule has 1 amide bonds. The van der Waals surface area contributed by atoms with Crippen LogP contribution in [-0.4, -0.2) is 76.5 Å². The summed E-state index contributed by atoms with van der Waals surface area (Å²) in [5, 5.41) is 12.2. The number of carbonyl (C=O) groups excluding carboxylic acids is 1. The van der Waals surface area contributed by atoms with Gasteiger partial charge in [-0.25, -0.2) is 13.4 Å². The van der Waals surface area contributed by atoms with Crippen LogP contribution < -0.4 is 24.7 Å². The molecule has 0 bridgehead atoms. The molecule has 3 N–H and O–H groups in total. The maximum atomic E-state index is 13.8. The number of carbonyl (C=O) groups is 1. The van der Waals surface area contributed by atoms with E-state index in [1.807, 2.05) is 6.07 Å². The molecule has 2 atom stereocenters. The van der Waals surface area contributed by atoms with Gasteiger partial charge in [0.15, 0.2) is 5.82 Å². The van der Waals surface area contributed by atoms with Crippen molar-refractivity contribution >= 4 is 44.6 Å². The number of pyridine rings is 1. The van der Waals surface area contributed by atoms with Crippen molar-refractivity contribution in [1.82, 2.24) is 4.98 Å². The predicted molar refractivity (Wildman–Crippen MR) is 157 cm³/mol. The third kappa shape index (κ3) is 4.87. The number of fused-ring (bicyclic) bond motifs is 2. The number of anilines is 5. The largest absolute Gasteiger partial charge is 0.395 e. The molecule has 7 rings (SSSR count). The fourth-order valence-corrected chi connectivity index (χ4v) is 7.75. The van der Waals surface area contributed by atoms with Crippen LogP contribution in [0.5, 0.6) is 0 Å². The molecule has 4 heterocycles. The number of aromatic nitrogens is 1. The summed E-state index contributed by atoms with van der Waals surface area (Å²) in [4.78, 5) is 25.6. The fraction of sp³-hybridized carbons (Fsp3) is 0.586. The Balaban J connectivity index is 1.18. The van der Waals surface area contributed by atoms with Crippen molar-refractivity contribution in [1.29, 1.82) is 0 Å². The number of nitrogens with zero attached hydrogens (tertiary/aromatic N) is 4. The number of benzene rings is 1. The van der Waals surface area contributed by atoms with Gasteiger partial charge in [0.1, 0.15) is 5.82 Å². The molecule has 1 aromatic carbocycles. The number of likely N-dealkylation sites (N-methyl/N-ethyl adjacent to an activating group) is 1. The highest BCUT2D eigenvalue weighted by Gasteiger charge is 2.47. The van der Waals surface area contributed by atoms with Crippen molar-refractivity contribution in [3.8, 4) is 0 Å². The van der Waals surface area contributed by atoms with E-state index in [-0.39, 0.29) is 11.7 Å². The van der Waals surface area contributed by atoms with Crippen LogP contribution in [0.4, 0.5) is 28.7 Å². The summed E-state index contributed by atoms with van der Waals surface area (Å²) in [5.41, 5.74) is 4.47. The molecule has 10 nitrogen and oxygen atoms in total. The Labute approximate surface area is 235 Å². The Morgan fingerprint density at radius 2 is 1.82 bits per heavy atom. The van der Waals surface area contributed by atoms with Crippen molar-refractivity contribution in [2.75, 3.05) is 76.9 Å². The van der Waals surface area contributed by atoms with Crippen LogP contribution in [0.3, 0.4) is 0 Å². The molecule has 1 aromatic heterocycles. The van der Waals surface area contributed by atoms with Gasteiger partial charge in [-0.2, -0.15) is 0 Å². The minimum Gasteiger partial charge on any atom is -0.395 e. The third-order valence-electron chi connectivity index (χ3n) is 9.67. The number of sulfonamides is 1. The molecule has 40 heavy (non-hydrogen) atoms. The van der Waals surface area contributed by atoms with Crippen molar-refractivity contribution < 1.29 is 18.3 Å². The van der Waals surface area contributed by atoms with E-state index in [4.69, 9.17) is 10.1 Å². The number of hydrogen-bond donors (Lipinski definition) is 3. The first-order valence-corrected chi connectivity index (χ1v) is 16.2. The summed E-state index contributed by atoms with van der Waals surface area (Å²) in [6, 6.07) is 7.07. The van der Waals surface area contributed by atoms with Gasteiger partial charge in [0.25, 0.3) is 5.91 Å². The summed E-state index contributed by atoms with van der Waals surface area (Å²) in [6.45, 7) is 4.21. The van der Waals surface area contributed by atoms with Crippen LogP contribution in [-0.2, 0) is 16.4 Å². The SMILES string of the molecule is CN1CCc2cc(NC(=O)c3ccc(NS(=O)(=O)CCO)cc3N3CCC4(CC3)CC4)nc(N3CC4CC4C3)c21. The number of piperidine rings is 2. The smallest absolute Gasteiger partial charge is 0.258 e. The molecule has 2 unspecified atom stereocenters. The number of amides is 1. The lowest BCUT2D eigenvalue weighted by Gasteiger charge is -2.35. The van der Waals surface area contributed by atoms with Crippen molar-refractivity contribution in [3.63, 3.8) is 0 Å². The monoisotopic (exact) mass is 566 g/mol. The van der Waals surface area contributed by atoms with Crippen molar-refractivity contribution in [2.24, 2.45) is 17.3 Å². The zero-order valence-electron chi connectivity index (χ0n) is 23.0. The molecule has 4 fully saturated rings. The summed E-state index contributed by atoms with van der Waals surface area (Å²) in [6.07, 6.45) is 6.95. The van der Waals surface area contributed by atoms with E-state index >= 15 is 0 Å². The summed E-state index contributed by atoms with van der Waals surface area (Å²) >= 11 is 0. The lowest BCUT2D eigenvalue weighted by molar-refractivity contribution is 0.102. The summed E-state index contributed by atoms with van der Waals surface area (Å²) < 4.78 is 27.2. The topological polar surface area (TPSA) is 118 Å². The highest BCUT2D eigenvalue weighted by molar-refractivity contribution is 7.92. The van der Waals surface area contributed by atoms with Crippen LogP contribution in [0, 0.1) is 17.3 Å². The number of aliphatic hydroxyl groups is 1. The average Bonchev–Trinajstić information content (AvgIpc) is 3.78. The molecular weight excluding hydrogens is 528 g/mol. The van der Waals surface area contributed by atoms with Crippen LogP contribution >= 0.6 is 0 Å². The predicted octanol–water partition coefficient (Wildman–Crippen LogP) is 2.90. The first-order chi connectivity index (χ1) is 19.2. The van der Waals surface area contributed by atoms with Crippen LogP contribution in [0.1, 0.15) is 48.0 Å². The van der Waals surface area contributed by atoms with Crippen LogP contribution in [0.2, 0.25) is 0 Å². The minimum atomic E-state index is -3.68. The molecule has 2 aliphatic carbocycles. The Morgan fingerprint density at radius 3 is 2.52 bits per heavy atom. The first-order valence-electron chi connectivity index (χ1n) is 14.5. The summed E-state index contributed by atoms with van der Waals surface area (Å²) in [7, 11) is -1.57. The second-order valence-corrected chi connectivity index (χ2v) is 14.3. The van der Waals surface area contributed by atoms with E-state index in [1.165, 1.54) is 30.5 Å². The highest BCUT2D eigenvalue weighted by Crippen LogP contribution is 2.54. The molecule has 3 aliphatic heterocycles. The highest BCUT2D eigenvalue weighted by atomic mass is 32.2. The van der Waals surface area contributed by atoms with Gasteiger partial charge in [-0.1, -0.05) is 0 Å². The maximum absolute atomic E-state index is 13.8. The van der Waals surface area contributed by atoms with Crippen molar-refractivity contribution in [3.05, 3.63) is 35.4 Å². The quantitative estimate of drug-likeness (QED) is 0.447. The van der Waals surface area contributed by atoms with E-state index < -0.39 is 16.6 Å². The number of nitrogens with one attached hydrogen (secondary N) is 2. The van der Waals surface area contributed by atoms with Crippen molar-refractivity contribution in [2.45, 2.75) is 38.5 Å². The molecule has 2 saturated carbocycles. The fourth-order valence-electron chi connectivity index (χ4n) is 6.92. The molecule has 214 valence electrons. The molecule has 0 radical (unpaired) electrons. The standard InChI is InChI=1S/C29H38N6O4S/c1-33-9-4-19-15-25(30-27(26(19)33)35-17-20-14-21(20)18-35)31-28(37)23-3-2-22(32-40(38,39)13-12-36)16-24(23)34-10-7-29(5-6-29)8-11-34/h2-3,15-16,20-21,32,36H,4-14,17-18H2,1H3,(H,30,31,37). The minimum absolute atomic E-state index is 0.250. The summed E-state index contributed by atoms with van der Waals surface area (Å²) in [5.74, 6) is 2.45. The number of aliphatic hydroxyl groups excluding tert-OH is 1. The lowest BCUT2D eigenvalue weighted by Crippen LogP contribution is -2.36. The lowest BCUT2D eigenvalue weighted by atomic mass is 9.93. The first kappa shape index (κ1) is 25.9. The van der Waals surface area contributed by atoms with E-state index in [9.17, 15) is 13.2 Å². The maximum Gasteiger partial charge on any atom is 0.258 e. The Hall–Kier alpha value is -3.05. The van der Waals surface area contributed by atoms with Gasteiger partial charge >= 0.3 is 0 Å². The van der Waals surface area contributed by atoms with Gasteiger partial charge in [0, 0.05) is 39.8 Å². The van der Waals surface area contributed by atoms with Gasteiger partial charge in [0.05, 0.1) is 35.0 Å². The zero-order chi connectivity index (χ0) is 27.6. The van der Waals surface area contributed by atoms with Gasteiger partial charge < -0.3 is 25.1 Å². The van der Waals surface area contributed by atoms with Gasteiger partial charge in [-0.3, -0.25) is 9.52 Å².